The van der Waals surface area contributed by atoms with Crippen molar-refractivity contribution in [1.82, 2.24) is 14.8 Å². The Morgan fingerprint density at radius 1 is 1.28 bits per heavy atom. The molecule has 0 fully saturated rings. The van der Waals surface area contributed by atoms with Gasteiger partial charge in [0.2, 0.25) is 11.9 Å². The zero-order valence-corrected chi connectivity index (χ0v) is 13.7. The van der Waals surface area contributed by atoms with Gasteiger partial charge in [-0.15, -0.1) is 5.10 Å². The Kier molecular flexibility index (Phi) is 4.34. The van der Waals surface area contributed by atoms with Crippen LogP contribution in [0.3, 0.4) is 0 Å². The van der Waals surface area contributed by atoms with Crippen LogP contribution in [0.1, 0.15) is 17.3 Å². The Morgan fingerprint density at radius 2 is 2.04 bits per heavy atom. The highest BCUT2D eigenvalue weighted by Crippen LogP contribution is 2.28. The molecule has 0 atom stereocenters. The molecule has 0 spiro atoms. The molecular weight excluding hydrogens is 325 g/mol. The van der Waals surface area contributed by atoms with Crippen LogP contribution in [0.5, 0.6) is 5.75 Å². The molecule has 3 rings (SSSR count). The number of nitrogens with two attached hydrogens (primary N) is 1. The van der Waals surface area contributed by atoms with Crippen LogP contribution in [0, 0.1) is 5.82 Å². The summed E-state index contributed by atoms with van der Waals surface area (Å²) in [5, 5.41) is 7.13. The van der Waals surface area contributed by atoms with Gasteiger partial charge >= 0.3 is 0 Å². The molecule has 3 N–H and O–H groups in total. The van der Waals surface area contributed by atoms with Gasteiger partial charge in [0.25, 0.3) is 0 Å². The lowest BCUT2D eigenvalue weighted by Crippen LogP contribution is -2.04. The first-order valence-corrected chi connectivity index (χ1v) is 7.43. The molecular formula is C17H16FN5O2. The number of anilines is 3. The topological polar surface area (TPSA) is 95.1 Å². The molecule has 0 aliphatic heterocycles. The van der Waals surface area contributed by atoms with Gasteiger partial charge in [-0.2, -0.15) is 9.67 Å². The Morgan fingerprint density at radius 3 is 2.72 bits per heavy atom. The first-order chi connectivity index (χ1) is 12.0. The summed E-state index contributed by atoms with van der Waals surface area (Å²) in [6.45, 7) is 1.47. The van der Waals surface area contributed by atoms with Gasteiger partial charge in [-0.3, -0.25) is 4.79 Å². The smallest absolute Gasteiger partial charge is 0.248 e. The third kappa shape index (κ3) is 3.27. The summed E-state index contributed by atoms with van der Waals surface area (Å²) >= 11 is 0. The van der Waals surface area contributed by atoms with Crippen molar-refractivity contribution in [1.29, 1.82) is 0 Å². The van der Waals surface area contributed by atoms with E-state index >= 15 is 0 Å². The number of Topliss-reactive ketones (excluding diaryl/α,β-unsaturated/α-hetero) is 1. The maximum Gasteiger partial charge on any atom is 0.248 e. The molecule has 0 amide bonds. The van der Waals surface area contributed by atoms with Crippen molar-refractivity contribution < 1.29 is 13.9 Å². The van der Waals surface area contributed by atoms with E-state index in [1.807, 2.05) is 0 Å². The molecule has 2 aromatic carbocycles. The van der Waals surface area contributed by atoms with E-state index in [4.69, 9.17) is 10.5 Å². The first kappa shape index (κ1) is 16.4. The number of ketones is 1. The first-order valence-electron chi connectivity index (χ1n) is 7.43. The van der Waals surface area contributed by atoms with Crippen LogP contribution < -0.4 is 15.8 Å². The molecule has 0 saturated carbocycles. The summed E-state index contributed by atoms with van der Waals surface area (Å²) in [6.07, 6.45) is 0. The van der Waals surface area contributed by atoms with E-state index in [1.165, 1.54) is 24.8 Å². The fourth-order valence-electron chi connectivity index (χ4n) is 2.31. The van der Waals surface area contributed by atoms with Crippen molar-refractivity contribution >= 4 is 23.4 Å². The van der Waals surface area contributed by atoms with Crippen LogP contribution in [0.25, 0.3) is 5.69 Å². The number of carbonyl (C=O) groups is 1. The molecule has 3 aromatic rings. The van der Waals surface area contributed by atoms with Crippen molar-refractivity contribution in [3.8, 4) is 11.4 Å². The fraction of sp³-hybridized carbons (Fsp3) is 0.118. The predicted octanol–water partition coefficient (Wildman–Crippen LogP) is 2.94. The lowest BCUT2D eigenvalue weighted by molar-refractivity contribution is 0.101. The standard InChI is InChI=1S/C17H16FN5O2/c1-10(24)11-7-8-13(15(9-11)25-2)20-17-21-16(19)23(22-17)14-6-4-3-5-12(14)18/h3-9H,1-2H3,(H3,19,20,21,22). The van der Waals surface area contributed by atoms with Crippen molar-refractivity contribution in [2.75, 3.05) is 18.2 Å². The lowest BCUT2D eigenvalue weighted by Gasteiger charge is -2.09. The second-order valence-electron chi connectivity index (χ2n) is 5.25. The highest BCUT2D eigenvalue weighted by Gasteiger charge is 2.14. The Labute approximate surface area is 143 Å². The molecule has 0 saturated heterocycles. The molecule has 0 unspecified atom stereocenters. The number of nitrogens with zero attached hydrogens (tertiary/aromatic N) is 3. The van der Waals surface area contributed by atoms with Gasteiger partial charge < -0.3 is 15.8 Å². The van der Waals surface area contributed by atoms with Crippen LogP contribution >= 0.6 is 0 Å². The van der Waals surface area contributed by atoms with E-state index in [9.17, 15) is 9.18 Å². The van der Waals surface area contributed by atoms with Crippen LogP contribution in [0.15, 0.2) is 42.5 Å². The van der Waals surface area contributed by atoms with E-state index in [2.05, 4.69) is 15.4 Å². The summed E-state index contributed by atoms with van der Waals surface area (Å²) in [5.41, 5.74) is 7.11. The van der Waals surface area contributed by atoms with Gasteiger partial charge in [0, 0.05) is 5.56 Å². The third-order valence-corrected chi connectivity index (χ3v) is 3.57. The number of nitrogen functional groups attached to an aromatic ring is 1. The van der Waals surface area contributed by atoms with Crippen LogP contribution in [0.2, 0.25) is 0 Å². The number of benzene rings is 2. The minimum Gasteiger partial charge on any atom is -0.495 e. The summed E-state index contributed by atoms with van der Waals surface area (Å²) in [5.74, 6) is 0.125. The quantitative estimate of drug-likeness (QED) is 0.693. The average Bonchev–Trinajstić information content (AvgIpc) is 2.95. The number of ether oxygens (including phenoxy) is 1. The van der Waals surface area contributed by atoms with E-state index in [0.717, 1.165) is 0 Å². The number of carbonyl (C=O) groups excluding carboxylic acids is 1. The van der Waals surface area contributed by atoms with E-state index < -0.39 is 5.82 Å². The molecule has 1 aromatic heterocycles. The Bertz CT molecular complexity index is 939. The number of rotatable bonds is 5. The van der Waals surface area contributed by atoms with E-state index in [1.54, 1.807) is 36.4 Å². The van der Waals surface area contributed by atoms with Gasteiger partial charge in [-0.1, -0.05) is 12.1 Å². The second kappa shape index (κ2) is 6.60. The minimum atomic E-state index is -0.464. The molecule has 8 heteroatoms. The molecule has 1 heterocycles. The highest BCUT2D eigenvalue weighted by atomic mass is 19.1. The van der Waals surface area contributed by atoms with E-state index in [-0.39, 0.29) is 23.4 Å². The van der Waals surface area contributed by atoms with Crippen molar-refractivity contribution in [3.63, 3.8) is 0 Å². The number of hydrogen-bond donors (Lipinski definition) is 2. The molecule has 25 heavy (non-hydrogen) atoms. The SMILES string of the molecule is COc1cc(C(C)=O)ccc1Nc1nc(N)n(-c2ccccc2F)n1. The number of nitrogens with one attached hydrogen (secondary N) is 1. The summed E-state index contributed by atoms with van der Waals surface area (Å²) in [7, 11) is 1.49. The molecule has 7 nitrogen and oxygen atoms in total. The number of hydrogen-bond acceptors (Lipinski definition) is 6. The zero-order chi connectivity index (χ0) is 18.0. The van der Waals surface area contributed by atoms with Crippen LogP contribution in [0.4, 0.5) is 22.0 Å². The minimum absolute atomic E-state index is 0.0342. The monoisotopic (exact) mass is 341 g/mol. The predicted molar refractivity (Wildman–Crippen MR) is 92.0 cm³/mol. The molecule has 0 bridgehead atoms. The van der Waals surface area contributed by atoms with Gasteiger partial charge in [0.05, 0.1) is 12.8 Å². The van der Waals surface area contributed by atoms with Crippen molar-refractivity contribution in [2.45, 2.75) is 6.92 Å². The molecule has 128 valence electrons. The fourth-order valence-corrected chi connectivity index (χ4v) is 2.31. The number of aromatic nitrogens is 3. The number of halogens is 1. The van der Waals surface area contributed by atoms with Crippen LogP contribution in [-0.4, -0.2) is 27.7 Å². The van der Waals surface area contributed by atoms with Gasteiger partial charge in [0.1, 0.15) is 17.3 Å². The van der Waals surface area contributed by atoms with Gasteiger partial charge in [-0.05, 0) is 37.3 Å². The Balaban J connectivity index is 1.94. The molecule has 0 aliphatic rings. The maximum absolute atomic E-state index is 13.9. The van der Waals surface area contributed by atoms with Gasteiger partial charge in [0.15, 0.2) is 5.78 Å². The maximum atomic E-state index is 13.9. The van der Waals surface area contributed by atoms with Crippen molar-refractivity contribution in [3.05, 3.63) is 53.8 Å². The van der Waals surface area contributed by atoms with E-state index in [0.29, 0.717) is 17.0 Å². The van der Waals surface area contributed by atoms with Crippen molar-refractivity contribution in [2.24, 2.45) is 0 Å². The lowest BCUT2D eigenvalue weighted by atomic mass is 10.1. The second-order valence-corrected chi connectivity index (χ2v) is 5.25. The number of para-hydroxylation sites is 1. The molecule has 0 radical (unpaired) electrons. The zero-order valence-electron chi connectivity index (χ0n) is 13.7. The van der Waals surface area contributed by atoms with Gasteiger partial charge in [-0.25, -0.2) is 4.39 Å². The highest BCUT2D eigenvalue weighted by molar-refractivity contribution is 5.95. The van der Waals surface area contributed by atoms with Crippen LogP contribution in [-0.2, 0) is 0 Å². The number of methoxy groups -OCH3 is 1. The summed E-state index contributed by atoms with van der Waals surface area (Å²) in [6, 6.07) is 11.1. The summed E-state index contributed by atoms with van der Waals surface area (Å²) < 4.78 is 20.4. The third-order valence-electron chi connectivity index (χ3n) is 3.57. The normalized spacial score (nSPS) is 10.5. The Hall–Kier alpha value is -3.42. The largest absolute Gasteiger partial charge is 0.495 e. The average molecular weight is 341 g/mol. The summed E-state index contributed by atoms with van der Waals surface area (Å²) in [4.78, 5) is 15.5. The molecule has 0 aliphatic carbocycles.